The van der Waals surface area contributed by atoms with Gasteiger partial charge in [0.05, 0.1) is 0 Å². The zero-order valence-corrected chi connectivity index (χ0v) is 13.8. The summed E-state index contributed by atoms with van der Waals surface area (Å²) in [4.78, 5) is 7.00. The van der Waals surface area contributed by atoms with E-state index in [1.807, 2.05) is 0 Å². The topological polar surface area (TPSA) is 36.9 Å². The zero-order valence-electron chi connectivity index (χ0n) is 13.8. The minimum atomic E-state index is 0.717. The maximum atomic E-state index is 5.42. The van der Waals surface area contributed by atoms with E-state index in [9.17, 15) is 0 Å². The Morgan fingerprint density at radius 3 is 2.65 bits per heavy atom. The molecule has 0 spiro atoms. The molecule has 1 heterocycles. The maximum Gasteiger partial charge on any atom is 0.193 e. The predicted octanol–water partition coefficient (Wildman–Crippen LogP) is 2.75. The molecule has 20 heavy (non-hydrogen) atoms. The van der Waals surface area contributed by atoms with Crippen molar-refractivity contribution >= 4 is 5.96 Å². The van der Waals surface area contributed by atoms with Gasteiger partial charge in [0.1, 0.15) is 0 Å². The molecule has 1 N–H and O–H groups in total. The molecule has 0 amide bonds. The van der Waals surface area contributed by atoms with Crippen LogP contribution in [0.15, 0.2) is 4.99 Å². The molecule has 4 heteroatoms. The molecule has 0 bridgehead atoms. The van der Waals surface area contributed by atoms with Crippen molar-refractivity contribution in [2.24, 2.45) is 16.8 Å². The average Bonchev–Trinajstić information content (AvgIpc) is 2.44. The van der Waals surface area contributed by atoms with Crippen LogP contribution in [-0.4, -0.2) is 50.8 Å². The Morgan fingerprint density at radius 1 is 1.35 bits per heavy atom. The van der Waals surface area contributed by atoms with Crippen LogP contribution in [0.5, 0.6) is 0 Å². The van der Waals surface area contributed by atoms with Crippen LogP contribution in [0.3, 0.4) is 0 Å². The number of hydrogen-bond acceptors (Lipinski definition) is 2. The largest absolute Gasteiger partial charge is 0.381 e. The van der Waals surface area contributed by atoms with Crippen molar-refractivity contribution in [2.75, 3.05) is 39.9 Å². The van der Waals surface area contributed by atoms with Gasteiger partial charge in [0.15, 0.2) is 5.96 Å². The van der Waals surface area contributed by atoms with E-state index in [2.05, 4.69) is 38.0 Å². The lowest BCUT2D eigenvalue weighted by atomic mass is 9.96. The highest BCUT2D eigenvalue weighted by Crippen LogP contribution is 2.18. The summed E-state index contributed by atoms with van der Waals surface area (Å²) in [5, 5.41) is 3.40. The van der Waals surface area contributed by atoms with Gasteiger partial charge in [-0.1, -0.05) is 13.8 Å². The van der Waals surface area contributed by atoms with Crippen LogP contribution in [-0.2, 0) is 4.74 Å². The predicted molar refractivity (Wildman–Crippen MR) is 86.2 cm³/mol. The molecule has 118 valence electrons. The quantitative estimate of drug-likeness (QED) is 0.576. The molecule has 4 nitrogen and oxygen atoms in total. The van der Waals surface area contributed by atoms with Crippen LogP contribution in [0.25, 0.3) is 0 Å². The second kappa shape index (κ2) is 10.0. The molecular weight excluding hydrogens is 250 g/mol. The van der Waals surface area contributed by atoms with Gasteiger partial charge in [0.25, 0.3) is 0 Å². The van der Waals surface area contributed by atoms with E-state index < -0.39 is 0 Å². The Kier molecular flexibility index (Phi) is 8.67. The van der Waals surface area contributed by atoms with Crippen molar-refractivity contribution in [3.8, 4) is 0 Å². The number of aliphatic imine (C=N–C) groups is 1. The lowest BCUT2D eigenvalue weighted by Crippen LogP contribution is -2.40. The molecule has 0 aromatic heterocycles. The van der Waals surface area contributed by atoms with Gasteiger partial charge in [-0.25, -0.2) is 0 Å². The van der Waals surface area contributed by atoms with Gasteiger partial charge >= 0.3 is 0 Å². The zero-order chi connectivity index (χ0) is 14.8. The van der Waals surface area contributed by atoms with Crippen LogP contribution in [0, 0.1) is 11.8 Å². The standard InChI is InChI=1S/C16H33N3O/c1-5-17-16(18-10-6-14(2)3)19(4)11-7-15-8-12-20-13-9-15/h14-15H,5-13H2,1-4H3,(H,17,18). The van der Waals surface area contributed by atoms with E-state index in [4.69, 9.17) is 9.73 Å². The van der Waals surface area contributed by atoms with E-state index >= 15 is 0 Å². The Hall–Kier alpha value is -0.770. The van der Waals surface area contributed by atoms with Crippen molar-refractivity contribution < 1.29 is 4.74 Å². The molecule has 0 aromatic carbocycles. The Bertz CT molecular complexity index is 273. The number of nitrogens with one attached hydrogen (secondary N) is 1. The third-order valence-corrected chi connectivity index (χ3v) is 3.88. The van der Waals surface area contributed by atoms with E-state index in [0.717, 1.165) is 51.1 Å². The van der Waals surface area contributed by atoms with Crippen molar-refractivity contribution in [1.29, 1.82) is 0 Å². The molecule has 0 radical (unpaired) electrons. The number of guanidine groups is 1. The van der Waals surface area contributed by atoms with Gasteiger partial charge < -0.3 is 15.0 Å². The lowest BCUT2D eigenvalue weighted by molar-refractivity contribution is 0.0625. The highest BCUT2D eigenvalue weighted by molar-refractivity contribution is 5.79. The van der Waals surface area contributed by atoms with E-state index in [1.54, 1.807) is 0 Å². The molecule has 0 unspecified atom stereocenters. The molecule has 1 fully saturated rings. The summed E-state index contributed by atoms with van der Waals surface area (Å²) in [5.41, 5.74) is 0. The number of hydrogen-bond donors (Lipinski definition) is 1. The Morgan fingerprint density at radius 2 is 2.05 bits per heavy atom. The first-order chi connectivity index (χ1) is 9.63. The second-order valence-corrected chi connectivity index (χ2v) is 6.18. The van der Waals surface area contributed by atoms with Crippen LogP contribution in [0.4, 0.5) is 0 Å². The summed E-state index contributed by atoms with van der Waals surface area (Å²) in [6.07, 6.45) is 4.83. The molecule has 0 saturated carbocycles. The normalized spacial score (nSPS) is 17.6. The van der Waals surface area contributed by atoms with Crippen molar-refractivity contribution in [1.82, 2.24) is 10.2 Å². The van der Waals surface area contributed by atoms with Crippen LogP contribution in [0.2, 0.25) is 0 Å². The molecule has 1 saturated heterocycles. The van der Waals surface area contributed by atoms with Gasteiger partial charge in [0, 0.05) is 39.9 Å². The Balaban J connectivity index is 2.35. The summed E-state index contributed by atoms with van der Waals surface area (Å²) in [6.45, 7) is 11.4. The first-order valence-corrected chi connectivity index (χ1v) is 8.20. The molecule has 0 atom stereocenters. The monoisotopic (exact) mass is 283 g/mol. The van der Waals surface area contributed by atoms with Crippen LogP contribution >= 0.6 is 0 Å². The summed E-state index contributed by atoms with van der Waals surface area (Å²) >= 11 is 0. The van der Waals surface area contributed by atoms with Gasteiger partial charge in [-0.15, -0.1) is 0 Å². The molecule has 1 aliphatic heterocycles. The average molecular weight is 283 g/mol. The molecular formula is C16H33N3O. The van der Waals surface area contributed by atoms with E-state index in [-0.39, 0.29) is 0 Å². The maximum absolute atomic E-state index is 5.42. The number of rotatable bonds is 7. The summed E-state index contributed by atoms with van der Waals surface area (Å²) in [7, 11) is 2.15. The third-order valence-electron chi connectivity index (χ3n) is 3.88. The summed E-state index contributed by atoms with van der Waals surface area (Å²) in [5.74, 6) is 2.60. The second-order valence-electron chi connectivity index (χ2n) is 6.18. The minimum absolute atomic E-state index is 0.717. The minimum Gasteiger partial charge on any atom is -0.381 e. The molecule has 0 aliphatic carbocycles. The first kappa shape index (κ1) is 17.3. The van der Waals surface area contributed by atoms with Gasteiger partial charge in [-0.3, -0.25) is 4.99 Å². The molecule has 1 rings (SSSR count). The van der Waals surface area contributed by atoms with E-state index in [0.29, 0.717) is 5.92 Å². The Labute approximate surface area is 125 Å². The number of nitrogens with zero attached hydrogens (tertiary/aromatic N) is 2. The fraction of sp³-hybridized carbons (Fsp3) is 0.938. The summed E-state index contributed by atoms with van der Waals surface area (Å²) in [6, 6.07) is 0. The van der Waals surface area contributed by atoms with Gasteiger partial charge in [-0.05, 0) is 44.4 Å². The molecule has 1 aliphatic rings. The smallest absolute Gasteiger partial charge is 0.193 e. The number of ether oxygens (including phenoxy) is 1. The van der Waals surface area contributed by atoms with E-state index in [1.165, 1.54) is 19.3 Å². The highest BCUT2D eigenvalue weighted by Gasteiger charge is 2.15. The fourth-order valence-corrected chi connectivity index (χ4v) is 2.42. The fourth-order valence-electron chi connectivity index (χ4n) is 2.42. The lowest BCUT2D eigenvalue weighted by Gasteiger charge is -2.27. The third kappa shape index (κ3) is 7.13. The van der Waals surface area contributed by atoms with Gasteiger partial charge in [-0.2, -0.15) is 0 Å². The SMILES string of the molecule is CCNC(=NCCC(C)C)N(C)CCC1CCOCC1. The van der Waals surface area contributed by atoms with Crippen LogP contribution in [0.1, 0.15) is 46.5 Å². The summed E-state index contributed by atoms with van der Waals surface area (Å²) < 4.78 is 5.42. The van der Waals surface area contributed by atoms with Crippen molar-refractivity contribution in [3.05, 3.63) is 0 Å². The van der Waals surface area contributed by atoms with Crippen LogP contribution < -0.4 is 5.32 Å². The van der Waals surface area contributed by atoms with Gasteiger partial charge in [0.2, 0.25) is 0 Å². The molecule has 0 aromatic rings. The van der Waals surface area contributed by atoms with Crippen molar-refractivity contribution in [2.45, 2.75) is 46.5 Å². The first-order valence-electron chi connectivity index (χ1n) is 8.20. The highest BCUT2D eigenvalue weighted by atomic mass is 16.5. The van der Waals surface area contributed by atoms with Crippen molar-refractivity contribution in [3.63, 3.8) is 0 Å².